The first-order valence-corrected chi connectivity index (χ1v) is 10.8. The molecule has 25 heavy (non-hydrogen) atoms. The van der Waals surface area contributed by atoms with Crippen LogP contribution in [0.25, 0.3) is 17.1 Å². The van der Waals surface area contributed by atoms with Gasteiger partial charge < -0.3 is 0 Å². The van der Waals surface area contributed by atoms with Crippen LogP contribution in [0.3, 0.4) is 0 Å². The van der Waals surface area contributed by atoms with Crippen molar-refractivity contribution in [2.45, 2.75) is 5.16 Å². The molecule has 0 saturated carbocycles. The number of rotatable bonds is 6. The normalized spacial score (nSPS) is 11.6. The number of benzene rings is 1. The average molecular weight is 395 g/mol. The second-order valence-corrected chi connectivity index (χ2v) is 9.09. The molecule has 0 saturated heterocycles. The Morgan fingerprint density at radius 2 is 1.76 bits per heavy atom. The molecule has 0 atom stereocenters. The Kier molecular flexibility index (Phi) is 5.41. The van der Waals surface area contributed by atoms with E-state index < -0.39 is 9.84 Å². The number of halogens is 1. The Bertz CT molecular complexity index is 958. The lowest BCUT2D eigenvalue weighted by Gasteiger charge is -2.10. The molecule has 0 spiro atoms. The molecule has 1 aromatic carbocycles. The first kappa shape index (κ1) is 17.9. The van der Waals surface area contributed by atoms with Gasteiger partial charge in [0.25, 0.3) is 0 Å². The summed E-state index contributed by atoms with van der Waals surface area (Å²) in [5, 5.41) is 9.78. The number of hydrogen-bond donors (Lipinski definition) is 0. The molecule has 0 aliphatic rings. The van der Waals surface area contributed by atoms with Crippen LogP contribution in [0.5, 0.6) is 0 Å². The molecule has 3 aromatic rings. The summed E-state index contributed by atoms with van der Waals surface area (Å²) < 4.78 is 24.6. The number of nitrogens with zero attached hydrogens (tertiary/aromatic N) is 4. The molecular weight excluding hydrogens is 380 g/mol. The van der Waals surface area contributed by atoms with Gasteiger partial charge in [0.05, 0.1) is 5.75 Å². The van der Waals surface area contributed by atoms with E-state index in [1.165, 1.54) is 18.0 Å². The van der Waals surface area contributed by atoms with Crippen molar-refractivity contribution < 1.29 is 8.42 Å². The zero-order valence-electron chi connectivity index (χ0n) is 13.3. The zero-order valence-corrected chi connectivity index (χ0v) is 15.7. The second-order valence-electron chi connectivity index (χ2n) is 5.33. The molecule has 0 unspecified atom stereocenters. The SMILES string of the molecule is CS(=O)(=O)CCSc1nnc(-c2ccncc2)n1-c1ccc(Cl)cc1. The third kappa shape index (κ3) is 4.59. The minimum atomic E-state index is -3.03. The van der Waals surface area contributed by atoms with Crippen LogP contribution in [0.4, 0.5) is 0 Å². The van der Waals surface area contributed by atoms with Crippen LogP contribution in [-0.2, 0) is 9.84 Å². The highest BCUT2D eigenvalue weighted by molar-refractivity contribution is 8.00. The average Bonchev–Trinajstić information content (AvgIpc) is 2.99. The summed E-state index contributed by atoms with van der Waals surface area (Å²) >= 11 is 7.33. The van der Waals surface area contributed by atoms with E-state index in [9.17, 15) is 8.42 Å². The van der Waals surface area contributed by atoms with Gasteiger partial charge in [-0.15, -0.1) is 10.2 Å². The van der Waals surface area contributed by atoms with Gasteiger partial charge in [0, 0.05) is 40.7 Å². The summed E-state index contributed by atoms with van der Waals surface area (Å²) in [7, 11) is -3.03. The van der Waals surface area contributed by atoms with Crippen LogP contribution in [0, 0.1) is 0 Å². The van der Waals surface area contributed by atoms with Crippen molar-refractivity contribution >= 4 is 33.2 Å². The summed E-state index contributed by atoms with van der Waals surface area (Å²) in [6.45, 7) is 0. The molecule has 0 aliphatic heterocycles. The predicted octanol–water partition coefficient (Wildman–Crippen LogP) is 3.12. The molecule has 9 heteroatoms. The van der Waals surface area contributed by atoms with Gasteiger partial charge in [-0.25, -0.2) is 8.42 Å². The van der Waals surface area contributed by atoms with E-state index in [1.807, 2.05) is 28.8 Å². The van der Waals surface area contributed by atoms with Gasteiger partial charge in [-0.05, 0) is 36.4 Å². The topological polar surface area (TPSA) is 77.7 Å². The zero-order chi connectivity index (χ0) is 17.9. The van der Waals surface area contributed by atoms with E-state index in [4.69, 9.17) is 11.6 Å². The summed E-state index contributed by atoms with van der Waals surface area (Å²) in [4.78, 5) is 4.02. The Hall–Kier alpha value is -1.90. The van der Waals surface area contributed by atoms with Crippen LogP contribution in [0.1, 0.15) is 0 Å². The van der Waals surface area contributed by atoms with Gasteiger partial charge in [-0.3, -0.25) is 9.55 Å². The molecule has 0 fully saturated rings. The van der Waals surface area contributed by atoms with Gasteiger partial charge >= 0.3 is 0 Å². The van der Waals surface area contributed by atoms with Gasteiger partial charge in [-0.2, -0.15) is 0 Å². The molecule has 0 aliphatic carbocycles. The number of sulfone groups is 1. The smallest absolute Gasteiger partial charge is 0.196 e. The van der Waals surface area contributed by atoms with Gasteiger partial charge in [-0.1, -0.05) is 23.4 Å². The highest BCUT2D eigenvalue weighted by atomic mass is 35.5. The minimum Gasteiger partial charge on any atom is -0.270 e. The first-order valence-electron chi connectivity index (χ1n) is 7.36. The molecule has 0 amide bonds. The lowest BCUT2D eigenvalue weighted by atomic mass is 10.2. The van der Waals surface area contributed by atoms with Crippen molar-refractivity contribution in [1.82, 2.24) is 19.7 Å². The summed E-state index contributed by atoms with van der Waals surface area (Å²) in [5.41, 5.74) is 1.72. The van der Waals surface area contributed by atoms with E-state index in [1.54, 1.807) is 24.5 Å². The summed E-state index contributed by atoms with van der Waals surface area (Å²) in [6.07, 6.45) is 4.60. The van der Waals surface area contributed by atoms with Crippen molar-refractivity contribution in [3.63, 3.8) is 0 Å². The standard InChI is InChI=1S/C16H15ClN4O2S2/c1-25(22,23)11-10-24-16-20-19-15(12-6-8-18-9-7-12)21(16)14-4-2-13(17)3-5-14/h2-9H,10-11H2,1H3. The molecule has 0 radical (unpaired) electrons. The molecule has 0 N–H and O–H groups in total. The molecule has 0 bridgehead atoms. The van der Waals surface area contributed by atoms with Crippen LogP contribution >= 0.6 is 23.4 Å². The van der Waals surface area contributed by atoms with Crippen molar-refractivity contribution in [3.05, 3.63) is 53.8 Å². The van der Waals surface area contributed by atoms with Crippen molar-refractivity contribution in [1.29, 1.82) is 0 Å². The molecule has 2 aromatic heterocycles. The van der Waals surface area contributed by atoms with E-state index >= 15 is 0 Å². The highest BCUT2D eigenvalue weighted by Gasteiger charge is 2.16. The Labute approximate surface area is 155 Å². The largest absolute Gasteiger partial charge is 0.270 e. The molecular formula is C16H15ClN4O2S2. The second kappa shape index (κ2) is 7.55. The van der Waals surface area contributed by atoms with Crippen molar-refractivity contribution in [2.24, 2.45) is 0 Å². The Morgan fingerprint density at radius 1 is 1.08 bits per heavy atom. The van der Waals surface area contributed by atoms with E-state index in [0.717, 1.165) is 11.3 Å². The molecule has 3 rings (SSSR count). The fraction of sp³-hybridized carbons (Fsp3) is 0.188. The van der Waals surface area contributed by atoms with Crippen LogP contribution in [0.2, 0.25) is 5.02 Å². The molecule has 130 valence electrons. The maximum Gasteiger partial charge on any atom is 0.196 e. The maximum atomic E-state index is 11.4. The number of thioether (sulfide) groups is 1. The summed E-state index contributed by atoms with van der Waals surface area (Å²) in [6, 6.07) is 11.0. The van der Waals surface area contributed by atoms with Gasteiger partial charge in [0.2, 0.25) is 0 Å². The van der Waals surface area contributed by atoms with Crippen molar-refractivity contribution in [2.75, 3.05) is 17.8 Å². The Morgan fingerprint density at radius 3 is 2.40 bits per heavy atom. The number of aromatic nitrogens is 4. The fourth-order valence-corrected chi connectivity index (χ4v) is 4.43. The molecule has 2 heterocycles. The Balaban J connectivity index is 2.01. The number of hydrogen-bond acceptors (Lipinski definition) is 6. The summed E-state index contributed by atoms with van der Waals surface area (Å²) in [5.74, 6) is 1.14. The van der Waals surface area contributed by atoms with Gasteiger partial charge in [0.1, 0.15) is 9.84 Å². The third-order valence-electron chi connectivity index (χ3n) is 3.34. The first-order chi connectivity index (χ1) is 11.9. The third-order valence-corrected chi connectivity index (χ3v) is 5.73. The van der Waals surface area contributed by atoms with Gasteiger partial charge in [0.15, 0.2) is 11.0 Å². The highest BCUT2D eigenvalue weighted by Crippen LogP contribution is 2.28. The van der Waals surface area contributed by atoms with Crippen LogP contribution in [-0.4, -0.2) is 45.9 Å². The lowest BCUT2D eigenvalue weighted by molar-refractivity contribution is 0.603. The van der Waals surface area contributed by atoms with Crippen molar-refractivity contribution in [3.8, 4) is 17.1 Å². The van der Waals surface area contributed by atoms with E-state index in [-0.39, 0.29) is 5.75 Å². The lowest BCUT2D eigenvalue weighted by Crippen LogP contribution is -2.06. The maximum absolute atomic E-state index is 11.4. The van der Waals surface area contributed by atoms with Crippen LogP contribution < -0.4 is 0 Å². The molecule has 6 nitrogen and oxygen atoms in total. The number of pyridine rings is 1. The predicted molar refractivity (Wildman–Crippen MR) is 100 cm³/mol. The van der Waals surface area contributed by atoms with Crippen LogP contribution in [0.15, 0.2) is 53.9 Å². The fourth-order valence-electron chi connectivity index (χ4n) is 2.16. The van der Waals surface area contributed by atoms with E-state index in [2.05, 4.69) is 15.2 Å². The monoisotopic (exact) mass is 394 g/mol. The van der Waals surface area contributed by atoms with E-state index in [0.29, 0.717) is 21.8 Å². The quantitative estimate of drug-likeness (QED) is 0.598. The minimum absolute atomic E-state index is 0.0791.